The largest absolute Gasteiger partial charge is 0.468 e. The number of carbonyl (C=O) groups is 1. The summed E-state index contributed by atoms with van der Waals surface area (Å²) in [5.41, 5.74) is -0.493. The van der Waals surface area contributed by atoms with E-state index in [-0.39, 0.29) is 5.97 Å². The summed E-state index contributed by atoms with van der Waals surface area (Å²) in [5, 5.41) is 3.42. The fourth-order valence-corrected chi connectivity index (χ4v) is 3.75. The van der Waals surface area contributed by atoms with E-state index >= 15 is 0 Å². The van der Waals surface area contributed by atoms with Crippen molar-refractivity contribution in [2.75, 3.05) is 33.9 Å². The highest BCUT2D eigenvalue weighted by Gasteiger charge is 2.46. The van der Waals surface area contributed by atoms with Crippen molar-refractivity contribution in [2.24, 2.45) is 0 Å². The molecule has 0 heterocycles. The Hall–Kier alpha value is -0.650. The third kappa shape index (κ3) is 3.96. The lowest BCUT2D eigenvalue weighted by Gasteiger charge is -2.43. The van der Waals surface area contributed by atoms with Crippen LogP contribution in [0.15, 0.2) is 0 Å². The first-order valence-electron chi connectivity index (χ1n) is 8.25. The van der Waals surface area contributed by atoms with E-state index in [1.54, 1.807) is 7.11 Å². The van der Waals surface area contributed by atoms with Gasteiger partial charge in [0.05, 0.1) is 13.7 Å². The van der Waals surface area contributed by atoms with E-state index in [0.29, 0.717) is 12.1 Å². The average molecular weight is 298 g/mol. The van der Waals surface area contributed by atoms with Crippen molar-refractivity contribution in [1.29, 1.82) is 0 Å². The van der Waals surface area contributed by atoms with Crippen molar-refractivity contribution < 1.29 is 14.3 Å². The standard InChI is InChI=1S/C16H30N2O3/c1-4-17-16(15(19)21-3)9-5-6-14(12-16)18(10-11-20-2)13-7-8-13/h13-14,17H,4-12H2,1-3H3. The number of hydrogen-bond acceptors (Lipinski definition) is 5. The topological polar surface area (TPSA) is 50.8 Å². The summed E-state index contributed by atoms with van der Waals surface area (Å²) < 4.78 is 10.3. The Morgan fingerprint density at radius 1 is 1.29 bits per heavy atom. The van der Waals surface area contributed by atoms with Crippen molar-refractivity contribution >= 4 is 5.97 Å². The number of rotatable bonds is 8. The quantitative estimate of drug-likeness (QED) is 0.689. The van der Waals surface area contributed by atoms with E-state index in [2.05, 4.69) is 17.1 Å². The van der Waals surface area contributed by atoms with Crippen LogP contribution in [-0.2, 0) is 14.3 Å². The van der Waals surface area contributed by atoms with Gasteiger partial charge in [-0.1, -0.05) is 6.92 Å². The summed E-state index contributed by atoms with van der Waals surface area (Å²) in [6.45, 7) is 4.58. The van der Waals surface area contributed by atoms with E-state index in [1.807, 2.05) is 0 Å². The number of hydrogen-bond donors (Lipinski definition) is 1. The highest BCUT2D eigenvalue weighted by molar-refractivity contribution is 5.81. The van der Waals surface area contributed by atoms with E-state index in [0.717, 1.165) is 39.0 Å². The number of carbonyl (C=O) groups excluding carboxylic acids is 1. The van der Waals surface area contributed by atoms with Gasteiger partial charge >= 0.3 is 5.97 Å². The van der Waals surface area contributed by atoms with Gasteiger partial charge in [0.15, 0.2) is 0 Å². The van der Waals surface area contributed by atoms with Crippen LogP contribution in [0.3, 0.4) is 0 Å². The van der Waals surface area contributed by atoms with E-state index < -0.39 is 5.54 Å². The number of ether oxygens (including phenoxy) is 2. The van der Waals surface area contributed by atoms with Crippen LogP contribution in [0, 0.1) is 0 Å². The van der Waals surface area contributed by atoms with Crippen LogP contribution in [0.2, 0.25) is 0 Å². The Labute approximate surface area is 128 Å². The molecule has 0 radical (unpaired) electrons. The first-order chi connectivity index (χ1) is 10.2. The molecule has 2 atom stereocenters. The molecule has 0 aromatic heterocycles. The van der Waals surface area contributed by atoms with Gasteiger partial charge < -0.3 is 14.8 Å². The molecule has 0 spiro atoms. The molecule has 2 unspecified atom stereocenters. The minimum absolute atomic E-state index is 0.100. The number of nitrogens with one attached hydrogen (secondary N) is 1. The van der Waals surface area contributed by atoms with Gasteiger partial charge in [0.25, 0.3) is 0 Å². The summed E-state index contributed by atoms with van der Waals surface area (Å²) in [6.07, 6.45) is 6.55. The van der Waals surface area contributed by atoms with Crippen LogP contribution in [0.1, 0.15) is 45.4 Å². The second-order valence-electron chi connectivity index (χ2n) is 6.32. The molecule has 0 aromatic carbocycles. The summed E-state index contributed by atoms with van der Waals surface area (Å²) in [5.74, 6) is -0.100. The fourth-order valence-electron chi connectivity index (χ4n) is 3.75. The van der Waals surface area contributed by atoms with Gasteiger partial charge in [0, 0.05) is 25.7 Å². The number of methoxy groups -OCH3 is 2. The van der Waals surface area contributed by atoms with Gasteiger partial charge in [-0.2, -0.15) is 0 Å². The molecule has 2 rings (SSSR count). The molecule has 2 aliphatic rings. The first kappa shape index (κ1) is 16.7. The van der Waals surface area contributed by atoms with Gasteiger partial charge in [-0.25, -0.2) is 0 Å². The number of nitrogens with zero attached hydrogens (tertiary/aromatic N) is 1. The number of esters is 1. The number of likely N-dealkylation sites (N-methyl/N-ethyl adjacent to an activating group) is 1. The molecule has 2 fully saturated rings. The van der Waals surface area contributed by atoms with Crippen LogP contribution >= 0.6 is 0 Å². The SMILES string of the molecule is CCNC1(C(=O)OC)CCCC(N(CCOC)C2CC2)C1. The lowest BCUT2D eigenvalue weighted by atomic mass is 9.78. The maximum Gasteiger partial charge on any atom is 0.326 e. The zero-order chi connectivity index (χ0) is 15.3. The zero-order valence-electron chi connectivity index (χ0n) is 13.7. The Morgan fingerprint density at radius 2 is 2.05 bits per heavy atom. The molecule has 122 valence electrons. The predicted molar refractivity (Wildman–Crippen MR) is 82.3 cm³/mol. The molecule has 0 aromatic rings. The van der Waals surface area contributed by atoms with E-state index in [4.69, 9.17) is 9.47 Å². The van der Waals surface area contributed by atoms with Crippen LogP contribution in [-0.4, -0.2) is 62.4 Å². The average Bonchev–Trinajstić information content (AvgIpc) is 3.32. The molecule has 5 heteroatoms. The molecule has 0 saturated heterocycles. The summed E-state index contributed by atoms with van der Waals surface area (Å²) in [4.78, 5) is 14.9. The molecule has 0 aliphatic heterocycles. The Kier molecular flexibility index (Phi) is 6.02. The smallest absolute Gasteiger partial charge is 0.326 e. The lowest BCUT2D eigenvalue weighted by Crippen LogP contribution is -2.59. The normalized spacial score (nSPS) is 29.6. The second-order valence-corrected chi connectivity index (χ2v) is 6.32. The molecule has 2 saturated carbocycles. The minimum Gasteiger partial charge on any atom is -0.468 e. The maximum absolute atomic E-state index is 12.3. The van der Waals surface area contributed by atoms with E-state index in [1.165, 1.54) is 26.4 Å². The third-order valence-corrected chi connectivity index (χ3v) is 4.85. The minimum atomic E-state index is -0.493. The third-order valence-electron chi connectivity index (χ3n) is 4.85. The molecule has 2 aliphatic carbocycles. The molecule has 0 amide bonds. The second kappa shape index (κ2) is 7.56. The Balaban J connectivity index is 2.07. The monoisotopic (exact) mass is 298 g/mol. The van der Waals surface area contributed by atoms with Gasteiger partial charge in [0.1, 0.15) is 5.54 Å². The fraction of sp³-hybridized carbons (Fsp3) is 0.938. The summed E-state index contributed by atoms with van der Waals surface area (Å²) in [6, 6.07) is 1.15. The van der Waals surface area contributed by atoms with Crippen molar-refractivity contribution in [2.45, 2.75) is 63.1 Å². The summed E-state index contributed by atoms with van der Waals surface area (Å²) >= 11 is 0. The van der Waals surface area contributed by atoms with Crippen LogP contribution in [0.25, 0.3) is 0 Å². The van der Waals surface area contributed by atoms with Gasteiger partial charge in [-0.3, -0.25) is 9.69 Å². The van der Waals surface area contributed by atoms with Crippen molar-refractivity contribution in [1.82, 2.24) is 10.2 Å². The highest BCUT2D eigenvalue weighted by atomic mass is 16.5. The van der Waals surface area contributed by atoms with E-state index in [9.17, 15) is 4.79 Å². The highest BCUT2D eigenvalue weighted by Crippen LogP contribution is 2.37. The molecule has 0 bridgehead atoms. The molecular weight excluding hydrogens is 268 g/mol. The maximum atomic E-state index is 12.3. The van der Waals surface area contributed by atoms with Gasteiger partial charge in [-0.05, 0) is 45.1 Å². The lowest BCUT2D eigenvalue weighted by molar-refractivity contribution is -0.151. The van der Waals surface area contributed by atoms with Crippen LogP contribution in [0.4, 0.5) is 0 Å². The summed E-state index contributed by atoms with van der Waals surface area (Å²) in [7, 11) is 3.25. The van der Waals surface area contributed by atoms with Gasteiger partial charge in [-0.15, -0.1) is 0 Å². The van der Waals surface area contributed by atoms with Crippen molar-refractivity contribution in [3.63, 3.8) is 0 Å². The van der Waals surface area contributed by atoms with Crippen LogP contribution in [0.5, 0.6) is 0 Å². The Bertz CT molecular complexity index is 342. The first-order valence-corrected chi connectivity index (χ1v) is 8.25. The molecular formula is C16H30N2O3. The molecule has 5 nitrogen and oxygen atoms in total. The molecule has 21 heavy (non-hydrogen) atoms. The van der Waals surface area contributed by atoms with Gasteiger partial charge in [0.2, 0.25) is 0 Å². The predicted octanol–water partition coefficient (Wildman–Crippen LogP) is 1.56. The van der Waals surface area contributed by atoms with Crippen molar-refractivity contribution in [3.05, 3.63) is 0 Å². The van der Waals surface area contributed by atoms with Crippen molar-refractivity contribution in [3.8, 4) is 0 Å². The Morgan fingerprint density at radius 3 is 2.62 bits per heavy atom. The zero-order valence-corrected chi connectivity index (χ0v) is 13.7. The molecule has 1 N–H and O–H groups in total. The van der Waals surface area contributed by atoms with Crippen LogP contribution < -0.4 is 5.32 Å².